The van der Waals surface area contributed by atoms with Crippen molar-refractivity contribution in [3.8, 4) is 0 Å². The number of carbonyl (C=O) groups is 1. The molecule has 4 nitrogen and oxygen atoms in total. The molecule has 2 fully saturated rings. The van der Waals surface area contributed by atoms with Crippen molar-refractivity contribution in [1.29, 1.82) is 0 Å². The third-order valence-corrected chi connectivity index (χ3v) is 5.31. The van der Waals surface area contributed by atoms with Crippen molar-refractivity contribution in [3.63, 3.8) is 0 Å². The summed E-state index contributed by atoms with van der Waals surface area (Å²) in [5, 5.41) is 7.50. The first-order valence-corrected chi connectivity index (χ1v) is 8.90. The SMILES string of the molecule is O=C(NC[C@H](c1ccsc1)N1CCOCC1)C1CCCC1. The van der Waals surface area contributed by atoms with E-state index >= 15 is 0 Å². The lowest BCUT2D eigenvalue weighted by Gasteiger charge is -2.34. The van der Waals surface area contributed by atoms with Crippen molar-refractivity contribution in [3.05, 3.63) is 22.4 Å². The van der Waals surface area contributed by atoms with Gasteiger partial charge in [0.05, 0.1) is 19.3 Å². The summed E-state index contributed by atoms with van der Waals surface area (Å²) >= 11 is 1.72. The first kappa shape index (κ1) is 15.0. The molecule has 0 aromatic carbocycles. The van der Waals surface area contributed by atoms with Crippen LogP contribution in [-0.2, 0) is 9.53 Å². The van der Waals surface area contributed by atoms with Crippen LogP contribution >= 0.6 is 11.3 Å². The number of hydrogen-bond acceptors (Lipinski definition) is 4. The molecule has 1 aromatic heterocycles. The van der Waals surface area contributed by atoms with Crippen LogP contribution in [-0.4, -0.2) is 43.7 Å². The lowest BCUT2D eigenvalue weighted by Crippen LogP contribution is -2.44. The lowest BCUT2D eigenvalue weighted by molar-refractivity contribution is -0.125. The Kier molecular flexibility index (Phi) is 5.27. The smallest absolute Gasteiger partial charge is 0.223 e. The summed E-state index contributed by atoms with van der Waals surface area (Å²) in [7, 11) is 0. The zero-order chi connectivity index (χ0) is 14.5. The summed E-state index contributed by atoms with van der Waals surface area (Å²) in [5.74, 6) is 0.499. The van der Waals surface area contributed by atoms with Crippen molar-refractivity contribution in [1.82, 2.24) is 10.2 Å². The molecule has 0 unspecified atom stereocenters. The predicted octanol–water partition coefficient (Wildman–Crippen LogP) is 2.43. The van der Waals surface area contributed by atoms with Crippen molar-refractivity contribution in [2.24, 2.45) is 5.92 Å². The fraction of sp³-hybridized carbons (Fsp3) is 0.688. The number of nitrogens with one attached hydrogen (secondary N) is 1. The zero-order valence-corrected chi connectivity index (χ0v) is 13.2. The van der Waals surface area contributed by atoms with E-state index in [-0.39, 0.29) is 17.9 Å². The summed E-state index contributed by atoms with van der Waals surface area (Å²) in [6.07, 6.45) is 4.53. The van der Waals surface area contributed by atoms with Gasteiger partial charge in [-0.3, -0.25) is 9.69 Å². The van der Waals surface area contributed by atoms with Crippen molar-refractivity contribution < 1.29 is 9.53 Å². The largest absolute Gasteiger partial charge is 0.379 e. The third-order valence-electron chi connectivity index (χ3n) is 4.61. The number of thiophene rings is 1. The van der Waals surface area contributed by atoms with Gasteiger partial charge in [-0.25, -0.2) is 0 Å². The lowest BCUT2D eigenvalue weighted by atomic mass is 10.1. The zero-order valence-electron chi connectivity index (χ0n) is 12.4. The Morgan fingerprint density at radius 2 is 2.14 bits per heavy atom. The number of amides is 1. The van der Waals surface area contributed by atoms with E-state index in [1.807, 2.05) is 0 Å². The van der Waals surface area contributed by atoms with Crippen LogP contribution in [0, 0.1) is 5.92 Å². The fourth-order valence-corrected chi connectivity index (χ4v) is 4.05. The summed E-state index contributed by atoms with van der Waals surface area (Å²) in [6, 6.07) is 2.46. The summed E-state index contributed by atoms with van der Waals surface area (Å²) in [4.78, 5) is 14.7. The van der Waals surface area contributed by atoms with Crippen LogP contribution in [0.15, 0.2) is 16.8 Å². The van der Waals surface area contributed by atoms with Crippen LogP contribution in [0.25, 0.3) is 0 Å². The van der Waals surface area contributed by atoms with Crippen LogP contribution in [0.3, 0.4) is 0 Å². The van der Waals surface area contributed by atoms with E-state index in [2.05, 4.69) is 27.0 Å². The Bertz CT molecular complexity index is 437. The average Bonchev–Trinajstić information content (AvgIpc) is 3.22. The van der Waals surface area contributed by atoms with Gasteiger partial charge in [-0.15, -0.1) is 0 Å². The minimum absolute atomic E-state index is 0.248. The third kappa shape index (κ3) is 3.84. The molecule has 1 aromatic rings. The molecule has 0 bridgehead atoms. The van der Waals surface area contributed by atoms with Gasteiger partial charge in [-0.1, -0.05) is 12.8 Å². The second-order valence-corrected chi connectivity index (χ2v) is 6.73. The molecular formula is C16H24N2O2S. The highest BCUT2D eigenvalue weighted by molar-refractivity contribution is 7.07. The van der Waals surface area contributed by atoms with Crippen molar-refractivity contribution in [2.45, 2.75) is 31.7 Å². The van der Waals surface area contributed by atoms with E-state index in [9.17, 15) is 4.79 Å². The van der Waals surface area contributed by atoms with Crippen LogP contribution in [0.1, 0.15) is 37.3 Å². The van der Waals surface area contributed by atoms with E-state index in [4.69, 9.17) is 4.74 Å². The van der Waals surface area contributed by atoms with Gasteiger partial charge in [0.25, 0.3) is 0 Å². The molecule has 5 heteroatoms. The molecule has 1 aliphatic heterocycles. The molecule has 0 radical (unpaired) electrons. The standard InChI is InChI=1S/C16H24N2O2S/c19-16(13-3-1-2-4-13)17-11-15(14-5-10-21-12-14)18-6-8-20-9-7-18/h5,10,12-13,15H,1-4,6-9,11H2,(H,17,19)/t15-/m1/s1. The molecular weight excluding hydrogens is 284 g/mol. The molecule has 21 heavy (non-hydrogen) atoms. The van der Waals surface area contributed by atoms with Gasteiger partial charge in [0, 0.05) is 25.6 Å². The molecule has 116 valence electrons. The average molecular weight is 308 g/mol. The number of hydrogen-bond donors (Lipinski definition) is 1. The molecule has 0 spiro atoms. The number of ether oxygens (including phenoxy) is 1. The van der Waals surface area contributed by atoms with Crippen LogP contribution in [0.4, 0.5) is 0 Å². The Morgan fingerprint density at radius 3 is 2.81 bits per heavy atom. The number of carbonyl (C=O) groups excluding carboxylic acids is 1. The summed E-state index contributed by atoms with van der Waals surface area (Å²) in [6.45, 7) is 4.18. The highest BCUT2D eigenvalue weighted by Gasteiger charge is 2.26. The molecule has 1 saturated carbocycles. The maximum absolute atomic E-state index is 12.3. The second-order valence-electron chi connectivity index (χ2n) is 5.95. The molecule has 1 atom stereocenters. The van der Waals surface area contributed by atoms with E-state index in [1.54, 1.807) is 11.3 Å². The molecule has 1 saturated heterocycles. The van der Waals surface area contributed by atoms with Crippen LogP contribution in [0.5, 0.6) is 0 Å². The van der Waals surface area contributed by atoms with E-state index in [1.165, 1.54) is 18.4 Å². The Balaban J connectivity index is 1.60. The molecule has 1 N–H and O–H groups in total. The van der Waals surface area contributed by atoms with Gasteiger partial charge in [-0.05, 0) is 35.2 Å². The van der Waals surface area contributed by atoms with Crippen molar-refractivity contribution >= 4 is 17.2 Å². The van der Waals surface area contributed by atoms with E-state index in [0.717, 1.165) is 39.1 Å². The summed E-state index contributed by atoms with van der Waals surface area (Å²) < 4.78 is 5.45. The van der Waals surface area contributed by atoms with Gasteiger partial charge in [0.1, 0.15) is 0 Å². The Morgan fingerprint density at radius 1 is 1.38 bits per heavy atom. The van der Waals surface area contributed by atoms with Crippen LogP contribution in [0.2, 0.25) is 0 Å². The molecule has 2 heterocycles. The fourth-order valence-electron chi connectivity index (χ4n) is 3.34. The van der Waals surface area contributed by atoms with Gasteiger partial charge in [-0.2, -0.15) is 11.3 Å². The monoisotopic (exact) mass is 308 g/mol. The number of nitrogens with zero attached hydrogens (tertiary/aromatic N) is 1. The molecule has 2 aliphatic rings. The normalized spacial score (nSPS) is 22.3. The van der Waals surface area contributed by atoms with Gasteiger partial charge >= 0.3 is 0 Å². The van der Waals surface area contributed by atoms with E-state index in [0.29, 0.717) is 6.54 Å². The highest BCUT2D eigenvalue weighted by atomic mass is 32.1. The van der Waals surface area contributed by atoms with Gasteiger partial charge in [0.2, 0.25) is 5.91 Å². The number of morpholine rings is 1. The van der Waals surface area contributed by atoms with Gasteiger partial charge in [0.15, 0.2) is 0 Å². The maximum Gasteiger partial charge on any atom is 0.223 e. The van der Waals surface area contributed by atoms with Gasteiger partial charge < -0.3 is 10.1 Å². The summed E-state index contributed by atoms with van der Waals surface area (Å²) in [5.41, 5.74) is 1.31. The Labute approximate surface area is 130 Å². The van der Waals surface area contributed by atoms with Crippen molar-refractivity contribution in [2.75, 3.05) is 32.8 Å². The first-order valence-electron chi connectivity index (χ1n) is 7.96. The minimum atomic E-state index is 0.248. The molecule has 1 amide bonds. The van der Waals surface area contributed by atoms with Crippen LogP contribution < -0.4 is 5.32 Å². The number of rotatable bonds is 5. The quantitative estimate of drug-likeness (QED) is 0.908. The second kappa shape index (κ2) is 7.38. The topological polar surface area (TPSA) is 41.6 Å². The molecule has 1 aliphatic carbocycles. The Hall–Kier alpha value is -0.910. The highest BCUT2D eigenvalue weighted by Crippen LogP contribution is 2.26. The minimum Gasteiger partial charge on any atom is -0.379 e. The first-order chi connectivity index (χ1) is 10.3. The predicted molar refractivity (Wildman–Crippen MR) is 84.4 cm³/mol. The maximum atomic E-state index is 12.3. The molecule has 3 rings (SSSR count). The van der Waals surface area contributed by atoms with E-state index < -0.39 is 0 Å².